The Hall–Kier alpha value is -5.56. The number of nitro benzene ring substituents is 1. The number of fused-ring (bicyclic) bond motifs is 1. The van der Waals surface area contributed by atoms with Crippen LogP contribution in [0, 0.1) is 10.1 Å². The fourth-order valence-electron chi connectivity index (χ4n) is 9.50. The third-order valence-corrected chi connectivity index (χ3v) is 14.7. The van der Waals surface area contributed by atoms with E-state index < -0.39 is 31.4 Å². The molecule has 2 aromatic heterocycles. The molecule has 3 N–H and O–H groups in total. The first-order chi connectivity index (χ1) is 31.8. The number of carbonyl (C=O) groups excluding carboxylic acids is 1. The van der Waals surface area contributed by atoms with Crippen molar-refractivity contribution in [1.29, 1.82) is 0 Å². The number of hydrogen-bond donors (Lipinski definition) is 3. The second kappa shape index (κ2) is 19.3. The summed E-state index contributed by atoms with van der Waals surface area (Å²) in [4.78, 5) is 40.1. The summed E-state index contributed by atoms with van der Waals surface area (Å²) >= 11 is 6.23. The number of hydrogen-bond acceptors (Lipinski definition) is 13. The van der Waals surface area contributed by atoms with Crippen LogP contribution in [0.2, 0.25) is 5.02 Å². The summed E-state index contributed by atoms with van der Waals surface area (Å²) in [7, 11) is -4.58. The number of benzene rings is 3. The molecule has 348 valence electrons. The summed E-state index contributed by atoms with van der Waals surface area (Å²) < 4.78 is 47.8. The molecule has 0 atom stereocenters. The summed E-state index contributed by atoms with van der Waals surface area (Å²) in [5, 5.41) is 16.3. The molecule has 18 heteroatoms. The average Bonchev–Trinajstić information content (AvgIpc) is 3.79. The third kappa shape index (κ3) is 10.5. The number of pyridine rings is 1. The number of nitrogens with zero attached hydrogens (tertiary/aromatic N) is 5. The zero-order chi connectivity index (χ0) is 46.0. The Morgan fingerprint density at radius 3 is 2.45 bits per heavy atom. The van der Waals surface area contributed by atoms with E-state index in [1.54, 1.807) is 36.5 Å². The van der Waals surface area contributed by atoms with Gasteiger partial charge in [-0.3, -0.25) is 24.7 Å². The minimum atomic E-state index is -4.58. The second-order valence-electron chi connectivity index (χ2n) is 18.1. The smallest absolute Gasteiger partial charge is 0.293 e. The van der Waals surface area contributed by atoms with Gasteiger partial charge in [0.05, 0.1) is 51.8 Å². The number of piperazine rings is 1. The number of ether oxygens (including phenoxy) is 3. The molecule has 1 aliphatic carbocycles. The van der Waals surface area contributed by atoms with Crippen molar-refractivity contribution in [3.63, 3.8) is 0 Å². The van der Waals surface area contributed by atoms with E-state index >= 15 is 0 Å². The largest absolute Gasteiger partial charge is 0.438 e. The van der Waals surface area contributed by atoms with E-state index in [9.17, 15) is 23.3 Å². The van der Waals surface area contributed by atoms with E-state index in [0.29, 0.717) is 36.3 Å². The van der Waals surface area contributed by atoms with E-state index in [0.717, 1.165) is 101 Å². The number of rotatable bonds is 13. The van der Waals surface area contributed by atoms with Crippen molar-refractivity contribution in [3.8, 4) is 11.6 Å². The van der Waals surface area contributed by atoms with Crippen molar-refractivity contribution in [1.82, 2.24) is 24.5 Å². The predicted octanol–water partition coefficient (Wildman–Crippen LogP) is 7.87. The molecular formula is C48H55ClN8O8S. The number of aromatic nitrogens is 2. The Balaban J connectivity index is 0.904. The number of nitro groups is 1. The summed E-state index contributed by atoms with van der Waals surface area (Å²) in [5.41, 5.74) is 5.41. The van der Waals surface area contributed by atoms with Crippen LogP contribution in [0.3, 0.4) is 0 Å². The fraction of sp³-hybridized carbons (Fsp3) is 0.417. The molecule has 0 spiro atoms. The van der Waals surface area contributed by atoms with Crippen molar-refractivity contribution in [2.75, 3.05) is 75.9 Å². The highest BCUT2D eigenvalue weighted by atomic mass is 35.5. The van der Waals surface area contributed by atoms with E-state index in [2.05, 4.69) is 60.7 Å². The molecule has 3 aromatic carbocycles. The highest BCUT2D eigenvalue weighted by molar-refractivity contribution is 7.90. The first-order valence-electron chi connectivity index (χ1n) is 22.5. The van der Waals surface area contributed by atoms with Crippen molar-refractivity contribution < 1.29 is 32.3 Å². The number of sulfonamides is 1. The normalized spacial score (nSPS) is 20.9. The van der Waals surface area contributed by atoms with Gasteiger partial charge in [-0.2, -0.15) is 0 Å². The lowest BCUT2D eigenvalue weighted by Crippen LogP contribution is -2.47. The number of aromatic amines is 1. The van der Waals surface area contributed by atoms with Crippen LogP contribution in [-0.2, 0) is 19.5 Å². The quantitative estimate of drug-likeness (QED) is 0.0767. The van der Waals surface area contributed by atoms with Gasteiger partial charge in [0.15, 0.2) is 0 Å². The maximum Gasteiger partial charge on any atom is 0.293 e. The maximum atomic E-state index is 14.0. The van der Waals surface area contributed by atoms with Crippen LogP contribution in [0.15, 0.2) is 95.5 Å². The van der Waals surface area contributed by atoms with E-state index in [4.69, 9.17) is 25.8 Å². The van der Waals surface area contributed by atoms with Crippen LogP contribution in [-0.4, -0.2) is 122 Å². The average molecular weight is 940 g/mol. The minimum absolute atomic E-state index is 0.00281. The van der Waals surface area contributed by atoms with Crippen LogP contribution in [0.1, 0.15) is 61.9 Å². The van der Waals surface area contributed by atoms with Crippen LogP contribution in [0.25, 0.3) is 16.6 Å². The van der Waals surface area contributed by atoms with Crippen molar-refractivity contribution >= 4 is 61.2 Å². The van der Waals surface area contributed by atoms with Gasteiger partial charge < -0.3 is 29.4 Å². The van der Waals surface area contributed by atoms with Gasteiger partial charge in [0.2, 0.25) is 5.88 Å². The molecule has 66 heavy (non-hydrogen) atoms. The lowest BCUT2D eigenvalue weighted by molar-refractivity contribution is -0.384. The number of nitrogens with one attached hydrogen (secondary N) is 3. The van der Waals surface area contributed by atoms with Crippen LogP contribution >= 0.6 is 11.6 Å². The first kappa shape index (κ1) is 45.6. The third-order valence-electron chi connectivity index (χ3n) is 13.1. The number of amides is 1. The highest BCUT2D eigenvalue weighted by Crippen LogP contribution is 2.37. The molecule has 2 saturated heterocycles. The molecule has 1 saturated carbocycles. The standard InChI is InChI=1S/C48H55ClN8O8S/c1-48(2)29-40(32-3-5-34(49)6-4-32)33(31-64-48)30-54-19-21-55(22-20-54)37-11-13-39(45(27-37)65-46-16-15-41-42(52-46)17-18-50-41)47(58)53-66(61,62)38-12-14-43(44(28-38)57(59)60)51-35-7-9-36(10-8-35)56-23-25-63-26-24-56/h3-6,11-18,27-28,35-36,50-51H,7-10,19-26,29-31H2,1-2H3,(H,53,58). The topological polar surface area (TPSA) is 184 Å². The van der Waals surface area contributed by atoms with E-state index in [1.165, 1.54) is 29.3 Å². The van der Waals surface area contributed by atoms with Crippen molar-refractivity contribution in [2.45, 2.75) is 68.5 Å². The monoisotopic (exact) mass is 938 g/mol. The zero-order valence-electron chi connectivity index (χ0n) is 37.1. The number of anilines is 2. The molecule has 1 amide bonds. The molecule has 4 aliphatic rings. The van der Waals surface area contributed by atoms with Gasteiger partial charge in [-0.1, -0.05) is 23.7 Å². The van der Waals surface area contributed by atoms with Crippen LogP contribution in [0.4, 0.5) is 17.1 Å². The summed E-state index contributed by atoms with van der Waals surface area (Å²) in [6, 6.07) is 22.4. The molecule has 0 radical (unpaired) electrons. The lowest BCUT2D eigenvalue weighted by Gasteiger charge is -2.39. The highest BCUT2D eigenvalue weighted by Gasteiger charge is 2.32. The Labute approximate surface area is 389 Å². The molecule has 16 nitrogen and oxygen atoms in total. The molecule has 5 aromatic rings. The first-order valence-corrected chi connectivity index (χ1v) is 24.4. The number of H-pyrrole nitrogens is 1. The maximum absolute atomic E-state index is 14.0. The molecule has 0 bridgehead atoms. The Bertz CT molecular complexity index is 2720. The Kier molecular flexibility index (Phi) is 13.4. The summed E-state index contributed by atoms with van der Waals surface area (Å²) in [5.74, 6) is -0.663. The molecule has 0 unspecified atom stereocenters. The number of morpholine rings is 1. The predicted molar refractivity (Wildman–Crippen MR) is 254 cm³/mol. The molecule has 9 rings (SSSR count). The number of carbonyl (C=O) groups is 1. The van der Waals surface area contributed by atoms with Crippen molar-refractivity contribution in [2.24, 2.45) is 0 Å². The molecule has 3 fully saturated rings. The molecule has 3 aliphatic heterocycles. The lowest BCUT2D eigenvalue weighted by atomic mass is 9.87. The van der Waals surface area contributed by atoms with Gasteiger partial charge in [0.25, 0.3) is 21.6 Å². The SMILES string of the molecule is CC1(C)CC(c2ccc(Cl)cc2)=C(CN2CCN(c3ccc(C(=O)NS(=O)(=O)c4ccc(NC5CCC(N6CCOCC6)CC5)c([N+](=O)[O-])c4)c(Oc4ccc5[nH]ccc5n4)c3)CC2)CO1. The fourth-order valence-corrected chi connectivity index (χ4v) is 10.6. The van der Waals surface area contributed by atoms with Crippen molar-refractivity contribution in [3.05, 3.63) is 117 Å². The van der Waals surface area contributed by atoms with Gasteiger partial charge >= 0.3 is 0 Å². The van der Waals surface area contributed by atoms with Gasteiger partial charge in [-0.05, 0) is 105 Å². The second-order valence-corrected chi connectivity index (χ2v) is 20.2. The van der Waals surface area contributed by atoms with Gasteiger partial charge in [0, 0.05) is 99.4 Å². The van der Waals surface area contributed by atoms with E-state index in [1.807, 2.05) is 12.1 Å². The van der Waals surface area contributed by atoms with Crippen LogP contribution < -0.4 is 19.7 Å². The Morgan fingerprint density at radius 2 is 1.71 bits per heavy atom. The molecular weight excluding hydrogens is 884 g/mol. The van der Waals surface area contributed by atoms with Gasteiger partial charge in [-0.25, -0.2) is 18.1 Å². The summed E-state index contributed by atoms with van der Waals surface area (Å²) in [6.07, 6.45) is 6.09. The molecule has 5 heterocycles. The van der Waals surface area contributed by atoms with Gasteiger partial charge in [0.1, 0.15) is 11.4 Å². The zero-order valence-corrected chi connectivity index (χ0v) is 38.7. The van der Waals surface area contributed by atoms with E-state index in [-0.39, 0.29) is 34.5 Å². The van der Waals surface area contributed by atoms with Gasteiger partial charge in [-0.15, -0.1) is 0 Å². The number of halogens is 1. The summed E-state index contributed by atoms with van der Waals surface area (Å²) in [6.45, 7) is 11.7. The Morgan fingerprint density at radius 1 is 0.955 bits per heavy atom. The minimum Gasteiger partial charge on any atom is -0.438 e. The van der Waals surface area contributed by atoms with Crippen LogP contribution in [0.5, 0.6) is 11.6 Å².